The highest BCUT2D eigenvalue weighted by atomic mass is 32.1. The van der Waals surface area contributed by atoms with Gasteiger partial charge in [0.1, 0.15) is 5.75 Å². The van der Waals surface area contributed by atoms with Gasteiger partial charge in [0, 0.05) is 32.2 Å². The van der Waals surface area contributed by atoms with Crippen molar-refractivity contribution in [2.45, 2.75) is 18.9 Å². The van der Waals surface area contributed by atoms with Crippen molar-refractivity contribution < 1.29 is 4.74 Å². The number of fused-ring (bicyclic) bond motifs is 1. The molecule has 2 fully saturated rings. The molecule has 1 aromatic heterocycles. The summed E-state index contributed by atoms with van der Waals surface area (Å²) < 4.78 is 6.50. The van der Waals surface area contributed by atoms with E-state index in [0.29, 0.717) is 0 Å². The molecule has 0 radical (unpaired) electrons. The largest absolute Gasteiger partial charge is 0.497 e. The van der Waals surface area contributed by atoms with E-state index in [9.17, 15) is 0 Å². The number of rotatable bonds is 3. The van der Waals surface area contributed by atoms with Gasteiger partial charge in [0.2, 0.25) is 0 Å². The molecule has 1 aromatic carbocycles. The predicted molar refractivity (Wildman–Crippen MR) is 83.0 cm³/mol. The summed E-state index contributed by atoms with van der Waals surface area (Å²) in [5.74, 6) is 0.909. The highest BCUT2D eigenvalue weighted by Crippen LogP contribution is 2.33. The smallest absolute Gasteiger partial charge is 0.186 e. The number of hydrogen-bond donors (Lipinski definition) is 0. The zero-order chi connectivity index (χ0) is 13.5. The lowest BCUT2D eigenvalue weighted by Crippen LogP contribution is -2.47. The molecule has 0 unspecified atom stereocenters. The molecular weight excluding hydrogens is 270 g/mol. The van der Waals surface area contributed by atoms with Gasteiger partial charge >= 0.3 is 0 Å². The van der Waals surface area contributed by atoms with Crippen LogP contribution in [0, 0.1) is 0 Å². The van der Waals surface area contributed by atoms with Crippen molar-refractivity contribution in [2.24, 2.45) is 0 Å². The number of ether oxygens (including phenoxy) is 1. The highest BCUT2D eigenvalue weighted by molar-refractivity contribution is 7.22. The molecule has 1 aliphatic heterocycles. The van der Waals surface area contributed by atoms with Crippen molar-refractivity contribution in [1.29, 1.82) is 0 Å². The lowest BCUT2D eigenvalue weighted by molar-refractivity contribution is 0.248. The number of nitrogens with zero attached hydrogens (tertiary/aromatic N) is 3. The summed E-state index contributed by atoms with van der Waals surface area (Å²) in [5, 5.41) is 1.16. The maximum absolute atomic E-state index is 5.28. The molecule has 1 saturated heterocycles. The second-order valence-electron chi connectivity index (χ2n) is 5.58. The van der Waals surface area contributed by atoms with E-state index in [1.807, 2.05) is 6.07 Å². The molecule has 2 aliphatic rings. The van der Waals surface area contributed by atoms with Crippen LogP contribution < -0.4 is 9.64 Å². The van der Waals surface area contributed by atoms with Crippen molar-refractivity contribution >= 4 is 26.7 Å². The fraction of sp³-hybridized carbons (Fsp3) is 0.533. The summed E-state index contributed by atoms with van der Waals surface area (Å²) >= 11 is 1.77. The van der Waals surface area contributed by atoms with E-state index in [4.69, 9.17) is 9.72 Å². The Labute approximate surface area is 123 Å². The van der Waals surface area contributed by atoms with Crippen LogP contribution in [0.5, 0.6) is 5.75 Å². The highest BCUT2D eigenvalue weighted by Gasteiger charge is 2.31. The first-order chi connectivity index (χ1) is 9.83. The predicted octanol–water partition coefficient (Wildman–Crippen LogP) is 2.59. The number of aromatic nitrogens is 1. The molecule has 2 aromatic rings. The van der Waals surface area contributed by atoms with Crippen LogP contribution in [0.3, 0.4) is 0 Å². The second kappa shape index (κ2) is 4.90. The van der Waals surface area contributed by atoms with Crippen LogP contribution in [-0.4, -0.2) is 49.2 Å². The van der Waals surface area contributed by atoms with E-state index in [1.165, 1.54) is 30.6 Å². The average molecular weight is 289 g/mol. The Balaban J connectivity index is 1.53. The molecule has 0 bridgehead atoms. The van der Waals surface area contributed by atoms with Crippen molar-refractivity contribution in [3.05, 3.63) is 18.2 Å². The van der Waals surface area contributed by atoms with Gasteiger partial charge in [0.25, 0.3) is 0 Å². The van der Waals surface area contributed by atoms with Crippen LogP contribution in [0.4, 0.5) is 5.13 Å². The number of thiazole rings is 1. The summed E-state index contributed by atoms with van der Waals surface area (Å²) in [6, 6.07) is 7.00. The molecule has 1 saturated carbocycles. The molecule has 106 valence electrons. The van der Waals surface area contributed by atoms with Crippen molar-refractivity contribution in [3.63, 3.8) is 0 Å². The third kappa shape index (κ3) is 2.25. The molecule has 2 heterocycles. The lowest BCUT2D eigenvalue weighted by Gasteiger charge is -2.34. The van der Waals surface area contributed by atoms with Crippen LogP contribution >= 0.6 is 11.3 Å². The van der Waals surface area contributed by atoms with Gasteiger partial charge in [-0.25, -0.2) is 4.98 Å². The molecule has 0 spiro atoms. The number of hydrogen-bond acceptors (Lipinski definition) is 5. The molecule has 4 rings (SSSR count). The summed E-state index contributed by atoms with van der Waals surface area (Å²) in [6.07, 6.45) is 2.81. The summed E-state index contributed by atoms with van der Waals surface area (Å²) in [7, 11) is 1.71. The number of anilines is 1. The summed E-state index contributed by atoms with van der Waals surface area (Å²) in [5.41, 5.74) is 1.08. The fourth-order valence-electron chi connectivity index (χ4n) is 2.87. The molecule has 0 amide bonds. The van der Waals surface area contributed by atoms with Gasteiger partial charge in [-0.15, -0.1) is 0 Å². The molecule has 5 heteroatoms. The Kier molecular flexibility index (Phi) is 3.04. The Morgan fingerprint density at radius 1 is 1.20 bits per heavy atom. The normalized spacial score (nSPS) is 20.6. The van der Waals surface area contributed by atoms with E-state index in [-0.39, 0.29) is 0 Å². The van der Waals surface area contributed by atoms with Crippen molar-refractivity contribution in [3.8, 4) is 5.75 Å². The van der Waals surface area contributed by atoms with Gasteiger partial charge in [-0.2, -0.15) is 0 Å². The summed E-state index contributed by atoms with van der Waals surface area (Å²) in [4.78, 5) is 9.83. The molecular formula is C15H19N3OS. The third-order valence-electron chi connectivity index (χ3n) is 4.23. The molecule has 0 atom stereocenters. The number of methoxy groups -OCH3 is 1. The lowest BCUT2D eigenvalue weighted by atomic mass is 10.3. The van der Waals surface area contributed by atoms with E-state index in [2.05, 4.69) is 21.9 Å². The molecule has 20 heavy (non-hydrogen) atoms. The van der Waals surface area contributed by atoms with E-state index < -0.39 is 0 Å². The molecule has 0 N–H and O–H groups in total. The Bertz CT molecular complexity index is 615. The Morgan fingerprint density at radius 2 is 2.00 bits per heavy atom. The molecule has 4 nitrogen and oxygen atoms in total. The third-order valence-corrected chi connectivity index (χ3v) is 5.31. The van der Waals surface area contributed by atoms with Crippen molar-refractivity contribution in [1.82, 2.24) is 9.88 Å². The van der Waals surface area contributed by atoms with Gasteiger partial charge < -0.3 is 9.64 Å². The van der Waals surface area contributed by atoms with Gasteiger partial charge in [-0.1, -0.05) is 11.3 Å². The van der Waals surface area contributed by atoms with Crippen LogP contribution in [0.1, 0.15) is 12.8 Å². The first-order valence-corrected chi connectivity index (χ1v) is 8.09. The first-order valence-electron chi connectivity index (χ1n) is 7.27. The minimum absolute atomic E-state index is 0.886. The quantitative estimate of drug-likeness (QED) is 0.868. The minimum atomic E-state index is 0.886. The second-order valence-corrected chi connectivity index (χ2v) is 6.59. The van der Waals surface area contributed by atoms with Crippen LogP contribution in [0.2, 0.25) is 0 Å². The Hall–Kier alpha value is -1.33. The summed E-state index contributed by atoms with van der Waals surface area (Å²) in [6.45, 7) is 4.58. The molecule has 1 aliphatic carbocycles. The fourth-order valence-corrected chi connectivity index (χ4v) is 3.92. The van der Waals surface area contributed by atoms with Gasteiger partial charge in [-0.3, -0.25) is 4.90 Å². The monoisotopic (exact) mass is 289 g/mol. The topological polar surface area (TPSA) is 28.6 Å². The average Bonchev–Trinajstić information content (AvgIpc) is 3.26. The zero-order valence-electron chi connectivity index (χ0n) is 11.7. The SMILES string of the molecule is COc1ccc2nc(N3CCN(C4CC4)CC3)sc2c1. The van der Waals surface area contributed by atoms with E-state index in [0.717, 1.165) is 35.5 Å². The maximum atomic E-state index is 5.28. The standard InChI is InChI=1S/C15H19N3OS/c1-19-12-4-5-13-14(10-12)20-15(16-13)18-8-6-17(7-9-18)11-2-3-11/h4-5,10-11H,2-3,6-9H2,1H3. The zero-order valence-corrected chi connectivity index (χ0v) is 12.5. The number of benzene rings is 1. The first kappa shape index (κ1) is 12.4. The van der Waals surface area contributed by atoms with Gasteiger partial charge in [-0.05, 0) is 31.0 Å². The van der Waals surface area contributed by atoms with Gasteiger partial charge in [0.05, 0.1) is 17.3 Å². The van der Waals surface area contributed by atoms with Crippen LogP contribution in [-0.2, 0) is 0 Å². The number of piperazine rings is 1. The van der Waals surface area contributed by atoms with E-state index in [1.54, 1.807) is 18.4 Å². The maximum Gasteiger partial charge on any atom is 0.186 e. The minimum Gasteiger partial charge on any atom is -0.497 e. The van der Waals surface area contributed by atoms with E-state index >= 15 is 0 Å². The Morgan fingerprint density at radius 3 is 2.70 bits per heavy atom. The van der Waals surface area contributed by atoms with Gasteiger partial charge in [0.15, 0.2) is 5.13 Å². The van der Waals surface area contributed by atoms with Crippen molar-refractivity contribution in [2.75, 3.05) is 38.2 Å². The van der Waals surface area contributed by atoms with Crippen LogP contribution in [0.15, 0.2) is 18.2 Å². The van der Waals surface area contributed by atoms with Crippen LogP contribution in [0.25, 0.3) is 10.2 Å².